The molecule has 27 heavy (non-hydrogen) atoms. The summed E-state index contributed by atoms with van der Waals surface area (Å²) in [4.78, 5) is 39.1. The SMILES string of the molecule is CC(C)[C@H](NC(=O)c1cccs1)C(=O)Nc1ccc(N2CCCC2=O)cc1. The molecule has 1 saturated heterocycles. The average Bonchev–Trinajstić information content (AvgIpc) is 3.31. The molecule has 3 rings (SSSR count). The van der Waals surface area contributed by atoms with Crippen molar-refractivity contribution in [3.05, 3.63) is 46.7 Å². The third-order valence-corrected chi connectivity index (χ3v) is 5.37. The lowest BCUT2D eigenvalue weighted by Crippen LogP contribution is -2.46. The highest BCUT2D eigenvalue weighted by Gasteiger charge is 2.25. The zero-order valence-electron chi connectivity index (χ0n) is 15.4. The Balaban J connectivity index is 1.65. The number of nitrogens with one attached hydrogen (secondary N) is 2. The van der Waals surface area contributed by atoms with Gasteiger partial charge in [0, 0.05) is 24.3 Å². The monoisotopic (exact) mass is 385 g/mol. The van der Waals surface area contributed by atoms with Crippen LogP contribution in [0.25, 0.3) is 0 Å². The average molecular weight is 385 g/mol. The maximum Gasteiger partial charge on any atom is 0.262 e. The standard InChI is InChI=1S/C20H23N3O3S/c1-13(2)18(22-19(25)16-5-4-12-27-16)20(26)21-14-7-9-15(10-8-14)23-11-3-6-17(23)24/h4-5,7-10,12-13,18H,3,6,11H2,1-2H3,(H,21,26)(H,22,25)/t18-/m0/s1. The Labute approximate surface area is 162 Å². The molecular weight excluding hydrogens is 362 g/mol. The summed E-state index contributed by atoms with van der Waals surface area (Å²) in [5.41, 5.74) is 1.47. The van der Waals surface area contributed by atoms with Gasteiger partial charge in [0.05, 0.1) is 4.88 Å². The van der Waals surface area contributed by atoms with Crippen LogP contribution in [-0.2, 0) is 9.59 Å². The zero-order chi connectivity index (χ0) is 19.4. The summed E-state index contributed by atoms with van der Waals surface area (Å²) in [6.45, 7) is 4.51. The Morgan fingerprint density at radius 2 is 1.89 bits per heavy atom. The first-order valence-corrected chi connectivity index (χ1v) is 9.89. The molecule has 2 aromatic rings. The molecule has 2 N–H and O–H groups in total. The van der Waals surface area contributed by atoms with E-state index in [0.717, 1.165) is 18.7 Å². The number of anilines is 2. The molecule has 3 amide bonds. The molecule has 1 aliphatic heterocycles. The minimum absolute atomic E-state index is 0.0598. The van der Waals surface area contributed by atoms with Gasteiger partial charge in [-0.1, -0.05) is 19.9 Å². The lowest BCUT2D eigenvalue weighted by atomic mass is 10.0. The topological polar surface area (TPSA) is 78.5 Å². The van der Waals surface area contributed by atoms with Crippen LogP contribution in [0.1, 0.15) is 36.4 Å². The first-order chi connectivity index (χ1) is 13.0. The number of hydrogen-bond donors (Lipinski definition) is 2. The van der Waals surface area contributed by atoms with E-state index in [1.54, 1.807) is 29.2 Å². The van der Waals surface area contributed by atoms with Gasteiger partial charge in [-0.15, -0.1) is 11.3 Å². The highest BCUT2D eigenvalue weighted by molar-refractivity contribution is 7.12. The van der Waals surface area contributed by atoms with Crippen LogP contribution in [0.4, 0.5) is 11.4 Å². The number of benzene rings is 1. The second-order valence-corrected chi connectivity index (χ2v) is 7.81. The van der Waals surface area contributed by atoms with Crippen molar-refractivity contribution in [3.63, 3.8) is 0 Å². The fourth-order valence-corrected chi connectivity index (χ4v) is 3.65. The second kappa shape index (κ2) is 8.35. The second-order valence-electron chi connectivity index (χ2n) is 6.86. The normalized spacial score (nSPS) is 15.1. The Hall–Kier alpha value is -2.67. The molecule has 0 unspecified atom stereocenters. The van der Waals surface area contributed by atoms with Gasteiger partial charge in [0.2, 0.25) is 11.8 Å². The van der Waals surface area contributed by atoms with Crippen molar-refractivity contribution in [1.82, 2.24) is 5.32 Å². The minimum atomic E-state index is -0.639. The molecule has 7 heteroatoms. The number of thiophene rings is 1. The third-order valence-electron chi connectivity index (χ3n) is 4.50. The Morgan fingerprint density at radius 3 is 2.44 bits per heavy atom. The van der Waals surface area contributed by atoms with Gasteiger partial charge in [-0.25, -0.2) is 0 Å². The summed E-state index contributed by atoms with van der Waals surface area (Å²) in [5.74, 6) is -0.444. The van der Waals surface area contributed by atoms with E-state index in [0.29, 0.717) is 17.0 Å². The van der Waals surface area contributed by atoms with E-state index in [-0.39, 0.29) is 23.6 Å². The van der Waals surface area contributed by atoms with E-state index >= 15 is 0 Å². The highest BCUT2D eigenvalue weighted by atomic mass is 32.1. The molecule has 0 bridgehead atoms. The molecule has 1 aromatic carbocycles. The van der Waals surface area contributed by atoms with Crippen LogP contribution in [0.3, 0.4) is 0 Å². The van der Waals surface area contributed by atoms with Crippen LogP contribution < -0.4 is 15.5 Å². The Bertz CT molecular complexity index is 816. The van der Waals surface area contributed by atoms with Gasteiger partial charge in [-0.2, -0.15) is 0 Å². The molecule has 142 valence electrons. The molecule has 0 saturated carbocycles. The predicted molar refractivity (Wildman–Crippen MR) is 107 cm³/mol. The van der Waals surface area contributed by atoms with E-state index < -0.39 is 6.04 Å². The summed E-state index contributed by atoms with van der Waals surface area (Å²) in [5, 5.41) is 7.48. The summed E-state index contributed by atoms with van der Waals surface area (Å²) in [6, 6.07) is 10.1. The van der Waals surface area contributed by atoms with Gasteiger partial charge in [0.1, 0.15) is 6.04 Å². The van der Waals surface area contributed by atoms with Crippen molar-refractivity contribution in [2.24, 2.45) is 5.92 Å². The summed E-state index contributed by atoms with van der Waals surface area (Å²) >= 11 is 1.34. The van der Waals surface area contributed by atoms with E-state index in [1.165, 1.54) is 11.3 Å². The minimum Gasteiger partial charge on any atom is -0.339 e. The number of carbonyl (C=O) groups is 3. The van der Waals surface area contributed by atoms with Crippen LogP contribution in [0, 0.1) is 5.92 Å². The molecule has 0 aliphatic carbocycles. The third kappa shape index (κ3) is 4.54. The quantitative estimate of drug-likeness (QED) is 0.801. The predicted octanol–water partition coefficient (Wildman–Crippen LogP) is 3.27. The van der Waals surface area contributed by atoms with Crippen molar-refractivity contribution >= 4 is 40.4 Å². The molecule has 0 radical (unpaired) electrons. The van der Waals surface area contributed by atoms with Gasteiger partial charge in [0.15, 0.2) is 0 Å². The lowest BCUT2D eigenvalue weighted by Gasteiger charge is -2.22. The van der Waals surface area contributed by atoms with Crippen molar-refractivity contribution < 1.29 is 14.4 Å². The number of nitrogens with zero attached hydrogens (tertiary/aromatic N) is 1. The van der Waals surface area contributed by atoms with Crippen LogP contribution in [0.2, 0.25) is 0 Å². The molecule has 1 atom stereocenters. The van der Waals surface area contributed by atoms with Gasteiger partial charge < -0.3 is 15.5 Å². The highest BCUT2D eigenvalue weighted by Crippen LogP contribution is 2.23. The van der Waals surface area contributed by atoms with Gasteiger partial charge in [-0.05, 0) is 48.1 Å². The van der Waals surface area contributed by atoms with Gasteiger partial charge in [0.25, 0.3) is 5.91 Å². The maximum absolute atomic E-state index is 12.7. The summed E-state index contributed by atoms with van der Waals surface area (Å²) in [7, 11) is 0. The largest absolute Gasteiger partial charge is 0.339 e. The fourth-order valence-electron chi connectivity index (χ4n) is 3.02. The fraction of sp³-hybridized carbons (Fsp3) is 0.350. The maximum atomic E-state index is 12.7. The number of amides is 3. The molecule has 0 spiro atoms. The van der Waals surface area contributed by atoms with Gasteiger partial charge >= 0.3 is 0 Å². The molecule has 2 heterocycles. The van der Waals surface area contributed by atoms with E-state index in [2.05, 4.69) is 10.6 Å². The number of hydrogen-bond acceptors (Lipinski definition) is 4. The molecule has 1 aliphatic rings. The van der Waals surface area contributed by atoms with E-state index in [4.69, 9.17) is 0 Å². The summed E-state index contributed by atoms with van der Waals surface area (Å²) in [6.07, 6.45) is 1.45. The smallest absolute Gasteiger partial charge is 0.262 e. The molecule has 1 fully saturated rings. The first kappa shape index (κ1) is 19.1. The molecule has 6 nitrogen and oxygen atoms in total. The van der Waals surface area contributed by atoms with Crippen molar-refractivity contribution in [1.29, 1.82) is 0 Å². The summed E-state index contributed by atoms with van der Waals surface area (Å²) < 4.78 is 0. The van der Waals surface area contributed by atoms with Crippen LogP contribution in [0.5, 0.6) is 0 Å². The zero-order valence-corrected chi connectivity index (χ0v) is 16.2. The van der Waals surface area contributed by atoms with E-state index in [1.807, 2.05) is 31.4 Å². The Kier molecular flexibility index (Phi) is 5.91. The van der Waals surface area contributed by atoms with Crippen LogP contribution in [-0.4, -0.2) is 30.3 Å². The number of carbonyl (C=O) groups excluding carboxylic acids is 3. The molecular formula is C20H23N3O3S. The van der Waals surface area contributed by atoms with Crippen molar-refractivity contribution in [2.45, 2.75) is 32.7 Å². The van der Waals surface area contributed by atoms with Gasteiger partial charge in [-0.3, -0.25) is 14.4 Å². The first-order valence-electron chi connectivity index (χ1n) is 9.01. The lowest BCUT2D eigenvalue weighted by molar-refractivity contribution is -0.119. The van der Waals surface area contributed by atoms with Crippen LogP contribution in [0.15, 0.2) is 41.8 Å². The van der Waals surface area contributed by atoms with E-state index in [9.17, 15) is 14.4 Å². The Morgan fingerprint density at radius 1 is 1.15 bits per heavy atom. The van der Waals surface area contributed by atoms with Crippen LogP contribution >= 0.6 is 11.3 Å². The number of rotatable bonds is 6. The van der Waals surface area contributed by atoms with Crippen molar-refractivity contribution in [3.8, 4) is 0 Å². The van der Waals surface area contributed by atoms with Crippen molar-refractivity contribution in [2.75, 3.05) is 16.8 Å². The molecule has 1 aromatic heterocycles.